The van der Waals surface area contributed by atoms with Gasteiger partial charge in [-0.25, -0.2) is 9.59 Å². The number of carbonyl (C=O) groups excluding carboxylic acids is 3. The summed E-state index contributed by atoms with van der Waals surface area (Å²) in [6.07, 6.45) is 1.14. The monoisotopic (exact) mass is 732 g/mol. The zero-order valence-corrected chi connectivity index (χ0v) is 30.2. The van der Waals surface area contributed by atoms with Gasteiger partial charge < -0.3 is 38.1 Å². The van der Waals surface area contributed by atoms with Crippen molar-refractivity contribution in [3.63, 3.8) is 0 Å². The summed E-state index contributed by atoms with van der Waals surface area (Å²) >= 11 is 6.02. The number of ether oxygens (including phenoxy) is 7. The maximum Gasteiger partial charge on any atom is 0.514 e. The van der Waals surface area contributed by atoms with Crippen molar-refractivity contribution in [1.82, 2.24) is 9.88 Å². The zero-order valence-electron chi connectivity index (χ0n) is 29.4. The summed E-state index contributed by atoms with van der Waals surface area (Å²) in [5.74, 6) is -0.285. The van der Waals surface area contributed by atoms with Gasteiger partial charge in [-0.15, -0.1) is 0 Å². The van der Waals surface area contributed by atoms with Crippen LogP contribution in [0.5, 0.6) is 23.0 Å². The van der Waals surface area contributed by atoms with Crippen LogP contribution in [0.2, 0.25) is 5.02 Å². The molecule has 1 saturated heterocycles. The Morgan fingerprint density at radius 2 is 1.71 bits per heavy atom. The standard InChI is InChI=1S/C39H41ClN2O10/c1-46-25-8-9-27-28-10-11-42-19-23-13-26(16-30(38(44)49-4)29(23)18-32(42)35(28)41-31(27)17-25)51-37(43)22-14-33(47-2)36(34(15-22)48-3)52-39(45)50-20-21-6-5-7-24(40)12-21/h5-9,12,14-15,17,23,26,29-30,32,41H,10-11,13,16,18-20H2,1-4H3/t23-,26?,29+,30?,32?/m1/s1. The third-order valence-electron chi connectivity index (χ3n) is 10.6. The number of nitrogens with one attached hydrogen (secondary N) is 1. The molecule has 7 rings (SSSR count). The fraction of sp³-hybridized carbons (Fsp3) is 0.410. The number of nitrogens with zero attached hydrogens (tertiary/aromatic N) is 1. The van der Waals surface area contributed by atoms with E-state index in [2.05, 4.69) is 16.0 Å². The van der Waals surface area contributed by atoms with Gasteiger partial charge in [-0.1, -0.05) is 23.7 Å². The van der Waals surface area contributed by atoms with Crippen molar-refractivity contribution < 1.29 is 47.5 Å². The predicted octanol–water partition coefficient (Wildman–Crippen LogP) is 6.91. The van der Waals surface area contributed by atoms with Crippen molar-refractivity contribution in [3.8, 4) is 23.0 Å². The van der Waals surface area contributed by atoms with Gasteiger partial charge in [0.25, 0.3) is 0 Å². The van der Waals surface area contributed by atoms with Crippen LogP contribution in [0.4, 0.5) is 4.79 Å². The lowest BCUT2D eigenvalue weighted by atomic mass is 9.65. The van der Waals surface area contributed by atoms with Crippen molar-refractivity contribution in [3.05, 3.63) is 82.0 Å². The second-order valence-electron chi connectivity index (χ2n) is 13.5. The number of halogens is 1. The molecule has 4 aromatic rings. The maximum absolute atomic E-state index is 13.7. The molecule has 0 radical (unpaired) electrons. The second kappa shape index (κ2) is 15.0. The van der Waals surface area contributed by atoms with E-state index in [-0.39, 0.29) is 53.3 Å². The highest BCUT2D eigenvalue weighted by molar-refractivity contribution is 6.30. The Morgan fingerprint density at radius 1 is 0.923 bits per heavy atom. The Bertz CT molecular complexity index is 1970. The molecule has 0 spiro atoms. The molecule has 3 unspecified atom stereocenters. The van der Waals surface area contributed by atoms with Crippen LogP contribution >= 0.6 is 11.6 Å². The minimum Gasteiger partial charge on any atom is -0.497 e. The Morgan fingerprint density at radius 3 is 2.42 bits per heavy atom. The van der Waals surface area contributed by atoms with E-state index in [1.165, 1.54) is 50.1 Å². The molecule has 274 valence electrons. The van der Waals surface area contributed by atoms with Gasteiger partial charge in [0.1, 0.15) is 18.5 Å². The molecule has 52 heavy (non-hydrogen) atoms. The van der Waals surface area contributed by atoms with Gasteiger partial charge in [-0.05, 0) is 85.0 Å². The molecular weight excluding hydrogens is 692 g/mol. The van der Waals surface area contributed by atoms with Gasteiger partial charge >= 0.3 is 18.1 Å². The van der Waals surface area contributed by atoms with Gasteiger partial charge in [0.15, 0.2) is 11.5 Å². The zero-order chi connectivity index (χ0) is 36.5. The van der Waals surface area contributed by atoms with Crippen LogP contribution in [0.3, 0.4) is 0 Å². The average Bonchev–Trinajstić information content (AvgIpc) is 3.54. The van der Waals surface area contributed by atoms with Gasteiger partial charge in [-0.2, -0.15) is 0 Å². The molecule has 12 nitrogen and oxygen atoms in total. The largest absolute Gasteiger partial charge is 0.514 e. The van der Waals surface area contributed by atoms with Gasteiger partial charge in [-0.3, -0.25) is 9.69 Å². The summed E-state index contributed by atoms with van der Waals surface area (Å²) in [5, 5.41) is 1.72. The lowest BCUT2D eigenvalue weighted by Crippen LogP contribution is -2.52. The molecule has 1 aliphatic carbocycles. The van der Waals surface area contributed by atoms with Gasteiger partial charge in [0.05, 0.1) is 46.0 Å². The highest BCUT2D eigenvalue weighted by Gasteiger charge is 2.49. The lowest BCUT2D eigenvalue weighted by Gasteiger charge is -2.51. The quantitative estimate of drug-likeness (QED) is 0.109. The fourth-order valence-electron chi connectivity index (χ4n) is 8.25. The molecule has 3 aromatic carbocycles. The van der Waals surface area contributed by atoms with Gasteiger partial charge in [0, 0.05) is 40.8 Å². The summed E-state index contributed by atoms with van der Waals surface area (Å²) in [6.45, 7) is 1.60. The first-order valence-electron chi connectivity index (χ1n) is 17.3. The van der Waals surface area contributed by atoms with E-state index in [0.29, 0.717) is 23.4 Å². The van der Waals surface area contributed by atoms with E-state index in [4.69, 9.17) is 44.8 Å². The molecule has 3 heterocycles. The van der Waals surface area contributed by atoms with Crippen LogP contribution in [-0.4, -0.2) is 75.6 Å². The van der Waals surface area contributed by atoms with E-state index >= 15 is 0 Å². The highest BCUT2D eigenvalue weighted by atomic mass is 35.5. The molecule has 5 atom stereocenters. The van der Waals surface area contributed by atoms with Gasteiger partial charge in [0.2, 0.25) is 5.75 Å². The van der Waals surface area contributed by atoms with Crippen molar-refractivity contribution in [2.75, 3.05) is 41.5 Å². The number of fused-ring (bicyclic) bond motifs is 6. The summed E-state index contributed by atoms with van der Waals surface area (Å²) < 4.78 is 38.5. The summed E-state index contributed by atoms with van der Waals surface area (Å²) in [5.41, 5.74) is 4.39. The van der Waals surface area contributed by atoms with E-state index in [1.807, 2.05) is 12.1 Å². The number of aromatic nitrogens is 1. The number of aromatic amines is 1. The van der Waals surface area contributed by atoms with E-state index in [9.17, 15) is 14.4 Å². The number of rotatable bonds is 9. The third kappa shape index (κ3) is 6.97. The molecule has 2 fully saturated rings. The van der Waals surface area contributed by atoms with Crippen LogP contribution in [0.25, 0.3) is 10.9 Å². The Hall–Kier alpha value is -4.94. The lowest BCUT2D eigenvalue weighted by molar-refractivity contribution is -0.155. The SMILES string of the molecule is COC(=O)C1CC(OC(=O)c2cc(OC)c(OC(=O)OCc3cccc(Cl)c3)c(OC)c2)C[C@@H]2CN3CCc4c([nH]c5cc(OC)ccc45)C3C[C@H]12. The number of methoxy groups -OCH3 is 4. The van der Waals surface area contributed by atoms with Crippen LogP contribution in [0.15, 0.2) is 54.6 Å². The average molecular weight is 733 g/mol. The third-order valence-corrected chi connectivity index (χ3v) is 10.9. The Labute approximate surface area is 306 Å². The van der Waals surface area contributed by atoms with Crippen molar-refractivity contribution >= 4 is 40.6 Å². The number of benzene rings is 3. The Balaban J connectivity index is 1.06. The molecule has 13 heteroatoms. The number of hydrogen-bond donors (Lipinski definition) is 1. The minimum absolute atomic E-state index is 0.0561. The van der Waals surface area contributed by atoms with Crippen LogP contribution in [0, 0.1) is 17.8 Å². The Kier molecular flexibility index (Phi) is 10.2. The molecule has 0 amide bonds. The first-order chi connectivity index (χ1) is 25.2. The fourth-order valence-corrected chi connectivity index (χ4v) is 8.47. The van der Waals surface area contributed by atoms with E-state index < -0.39 is 24.1 Å². The first kappa shape index (κ1) is 35.5. The van der Waals surface area contributed by atoms with Crippen LogP contribution in [0.1, 0.15) is 52.5 Å². The molecule has 1 saturated carbocycles. The van der Waals surface area contributed by atoms with Crippen molar-refractivity contribution in [2.24, 2.45) is 17.8 Å². The maximum atomic E-state index is 13.7. The van der Waals surface area contributed by atoms with Crippen molar-refractivity contribution in [1.29, 1.82) is 0 Å². The first-order valence-corrected chi connectivity index (χ1v) is 17.6. The summed E-state index contributed by atoms with van der Waals surface area (Å²) in [6, 6.07) is 16.0. The molecular formula is C39H41ClN2O10. The smallest absolute Gasteiger partial charge is 0.497 e. The second-order valence-corrected chi connectivity index (χ2v) is 13.9. The topological polar surface area (TPSA) is 135 Å². The number of hydrogen-bond acceptors (Lipinski definition) is 11. The minimum atomic E-state index is -0.998. The highest BCUT2D eigenvalue weighted by Crippen LogP contribution is 2.50. The number of carbonyl (C=O) groups is 3. The van der Waals surface area contributed by atoms with Crippen molar-refractivity contribution in [2.45, 2.75) is 44.4 Å². The normalized spacial score (nSPS) is 22.3. The van der Waals surface area contributed by atoms with Crippen LogP contribution in [-0.2, 0) is 32.0 Å². The molecule has 2 aliphatic heterocycles. The predicted molar refractivity (Wildman–Crippen MR) is 190 cm³/mol. The van der Waals surface area contributed by atoms with E-state index in [0.717, 1.165) is 37.2 Å². The van der Waals surface area contributed by atoms with E-state index in [1.54, 1.807) is 31.4 Å². The molecule has 1 N–H and O–H groups in total. The molecule has 3 aliphatic rings. The number of esters is 2. The summed E-state index contributed by atoms with van der Waals surface area (Å²) in [7, 11) is 5.82. The summed E-state index contributed by atoms with van der Waals surface area (Å²) in [4.78, 5) is 45.7. The molecule has 0 bridgehead atoms. The molecule has 1 aromatic heterocycles. The van der Waals surface area contributed by atoms with Crippen LogP contribution < -0.4 is 18.9 Å². The number of H-pyrrole nitrogens is 1. The number of piperidine rings is 1.